The number of carboxylic acid groups (broad SMARTS) is 1. The third kappa shape index (κ3) is 7.49. The molecule has 26 heavy (non-hydrogen) atoms. The van der Waals surface area contributed by atoms with Crippen molar-refractivity contribution in [2.24, 2.45) is 0 Å². The first-order chi connectivity index (χ1) is 12.1. The zero-order valence-corrected chi connectivity index (χ0v) is 15.1. The van der Waals surface area contributed by atoms with E-state index in [9.17, 15) is 18.0 Å². The van der Waals surface area contributed by atoms with Gasteiger partial charge in [-0.25, -0.2) is 4.79 Å². The van der Waals surface area contributed by atoms with Crippen LogP contribution in [0.2, 0.25) is 10.0 Å². The van der Waals surface area contributed by atoms with E-state index in [1.165, 1.54) is 30.3 Å². The summed E-state index contributed by atoms with van der Waals surface area (Å²) in [6.07, 6.45) is -4.36. The molecule has 0 spiro atoms. The van der Waals surface area contributed by atoms with E-state index in [0.29, 0.717) is 10.6 Å². The van der Waals surface area contributed by atoms with Gasteiger partial charge in [0.05, 0.1) is 21.8 Å². The fraction of sp³-hybridized carbons (Fsp3) is 0.188. The molecule has 0 saturated carbocycles. The van der Waals surface area contributed by atoms with E-state index in [4.69, 9.17) is 38.6 Å². The molecule has 5 nitrogen and oxygen atoms in total. The molecule has 0 heterocycles. The number of hydrogen-bond acceptors (Lipinski definition) is 4. The maximum absolute atomic E-state index is 12.1. The van der Waals surface area contributed by atoms with Gasteiger partial charge in [0.25, 0.3) is 0 Å². The van der Waals surface area contributed by atoms with Gasteiger partial charge in [-0.1, -0.05) is 34.8 Å². The van der Waals surface area contributed by atoms with Crippen LogP contribution in [-0.4, -0.2) is 28.5 Å². The Morgan fingerprint density at radius 3 is 2.08 bits per heavy atom. The SMILES string of the molecule is CO.Cc1ccc(Cl)c(C(F)(F)F)c1.O=C(O)c1ccc(Cl)cc1NO. The third-order valence-electron chi connectivity index (χ3n) is 2.76. The van der Waals surface area contributed by atoms with Crippen LogP contribution in [0.15, 0.2) is 36.4 Å². The largest absolute Gasteiger partial charge is 0.478 e. The van der Waals surface area contributed by atoms with E-state index in [-0.39, 0.29) is 16.3 Å². The lowest BCUT2D eigenvalue weighted by molar-refractivity contribution is -0.137. The Morgan fingerprint density at radius 2 is 1.65 bits per heavy atom. The van der Waals surface area contributed by atoms with Gasteiger partial charge in [-0.3, -0.25) is 10.7 Å². The summed E-state index contributed by atoms with van der Waals surface area (Å²) in [4.78, 5) is 10.5. The molecule has 0 aliphatic heterocycles. The number of alkyl halides is 3. The lowest BCUT2D eigenvalue weighted by atomic mass is 10.1. The fourth-order valence-corrected chi connectivity index (χ4v) is 2.05. The molecule has 2 aromatic carbocycles. The number of aromatic carboxylic acids is 1. The van der Waals surface area contributed by atoms with Crippen LogP contribution in [0.5, 0.6) is 0 Å². The molecule has 0 unspecified atom stereocenters. The molecule has 144 valence electrons. The van der Waals surface area contributed by atoms with Crippen LogP contribution >= 0.6 is 23.2 Å². The second kappa shape index (κ2) is 10.9. The number of aliphatic hydroxyl groups is 1. The minimum Gasteiger partial charge on any atom is -0.478 e. The molecule has 0 aromatic heterocycles. The molecule has 0 radical (unpaired) electrons. The van der Waals surface area contributed by atoms with Crippen molar-refractivity contribution in [2.75, 3.05) is 12.6 Å². The standard InChI is InChI=1S/C8H6ClF3.C7H6ClNO3.CH4O/c1-5-2-3-7(9)6(4-5)8(10,11)12;8-4-1-2-5(7(10)11)6(3-4)9-12;1-2/h2-4H,1H3;1-3,9,12H,(H,10,11);2H,1H3. The lowest BCUT2D eigenvalue weighted by Crippen LogP contribution is -2.05. The Bertz CT molecular complexity index is 740. The Hall–Kier alpha value is -2.00. The molecule has 10 heteroatoms. The quantitative estimate of drug-likeness (QED) is 0.513. The zero-order valence-electron chi connectivity index (χ0n) is 13.6. The molecular weight excluding hydrogens is 398 g/mol. The molecule has 0 aliphatic rings. The number of carboxylic acids is 1. The van der Waals surface area contributed by atoms with Crippen LogP contribution in [0, 0.1) is 6.92 Å². The highest BCUT2D eigenvalue weighted by molar-refractivity contribution is 6.31. The van der Waals surface area contributed by atoms with Gasteiger partial charge in [-0.2, -0.15) is 13.2 Å². The van der Waals surface area contributed by atoms with Crippen molar-refractivity contribution >= 4 is 34.9 Å². The first-order valence-electron chi connectivity index (χ1n) is 6.77. The number of rotatable bonds is 2. The number of aliphatic hydroxyl groups excluding tert-OH is 1. The molecule has 0 bridgehead atoms. The first kappa shape index (κ1) is 24.0. The van der Waals surface area contributed by atoms with Gasteiger partial charge < -0.3 is 10.2 Å². The number of anilines is 1. The van der Waals surface area contributed by atoms with E-state index in [1.807, 2.05) is 0 Å². The van der Waals surface area contributed by atoms with Crippen LogP contribution in [-0.2, 0) is 6.18 Å². The fourth-order valence-electron chi connectivity index (χ4n) is 1.65. The highest BCUT2D eigenvalue weighted by atomic mass is 35.5. The first-order valence-corrected chi connectivity index (χ1v) is 7.53. The molecule has 2 rings (SSSR count). The highest BCUT2D eigenvalue weighted by Gasteiger charge is 2.32. The van der Waals surface area contributed by atoms with Gasteiger partial charge in [0.1, 0.15) is 0 Å². The normalized spacial score (nSPS) is 10.0. The number of hydrogen-bond donors (Lipinski definition) is 4. The summed E-state index contributed by atoms with van der Waals surface area (Å²) in [6.45, 7) is 1.59. The van der Waals surface area contributed by atoms with E-state index >= 15 is 0 Å². The second-order valence-electron chi connectivity index (χ2n) is 4.59. The molecule has 2 aromatic rings. The van der Waals surface area contributed by atoms with E-state index in [0.717, 1.165) is 13.2 Å². The summed E-state index contributed by atoms with van der Waals surface area (Å²) in [7, 11) is 1.00. The number of benzene rings is 2. The van der Waals surface area contributed by atoms with Gasteiger partial charge in [-0.05, 0) is 37.3 Å². The molecule has 0 saturated heterocycles. The number of aryl methyl sites for hydroxylation is 1. The number of nitrogens with one attached hydrogen (secondary N) is 1. The predicted molar refractivity (Wildman–Crippen MR) is 93.2 cm³/mol. The summed E-state index contributed by atoms with van der Waals surface area (Å²) in [5, 5.41) is 24.2. The minimum absolute atomic E-state index is 0.0260. The molecular formula is C16H16Cl2F3NO4. The summed E-state index contributed by atoms with van der Waals surface area (Å²) in [6, 6.07) is 7.89. The van der Waals surface area contributed by atoms with Crippen molar-refractivity contribution in [2.45, 2.75) is 13.1 Å². The lowest BCUT2D eigenvalue weighted by Gasteiger charge is -2.08. The Morgan fingerprint density at radius 1 is 1.08 bits per heavy atom. The van der Waals surface area contributed by atoms with Crippen LogP contribution in [0.1, 0.15) is 21.5 Å². The van der Waals surface area contributed by atoms with Gasteiger partial charge in [0.15, 0.2) is 0 Å². The van der Waals surface area contributed by atoms with Crippen LogP contribution in [0.3, 0.4) is 0 Å². The molecule has 0 amide bonds. The van der Waals surface area contributed by atoms with Crippen LogP contribution in [0.25, 0.3) is 0 Å². The zero-order chi connectivity index (χ0) is 20.5. The van der Waals surface area contributed by atoms with E-state index in [2.05, 4.69) is 0 Å². The summed E-state index contributed by atoms with van der Waals surface area (Å²) in [5.41, 5.74) is 1.58. The maximum atomic E-state index is 12.1. The Kier molecular flexibility index (Phi) is 10.0. The highest BCUT2D eigenvalue weighted by Crippen LogP contribution is 2.34. The van der Waals surface area contributed by atoms with Crippen molar-refractivity contribution in [3.05, 3.63) is 63.1 Å². The van der Waals surface area contributed by atoms with Crippen molar-refractivity contribution in [1.29, 1.82) is 0 Å². The average molecular weight is 414 g/mol. The van der Waals surface area contributed by atoms with Crippen molar-refractivity contribution in [1.82, 2.24) is 0 Å². The monoisotopic (exact) mass is 413 g/mol. The number of halogens is 5. The Balaban J connectivity index is 0.000000439. The summed E-state index contributed by atoms with van der Waals surface area (Å²) >= 11 is 10.9. The van der Waals surface area contributed by atoms with Crippen molar-refractivity contribution in [3.8, 4) is 0 Å². The van der Waals surface area contributed by atoms with Gasteiger partial charge in [0, 0.05) is 12.1 Å². The van der Waals surface area contributed by atoms with Crippen molar-refractivity contribution in [3.63, 3.8) is 0 Å². The molecule has 4 N–H and O–H groups in total. The summed E-state index contributed by atoms with van der Waals surface area (Å²) in [5.74, 6) is -1.12. The average Bonchev–Trinajstić information content (AvgIpc) is 2.58. The van der Waals surface area contributed by atoms with Gasteiger partial charge >= 0.3 is 12.1 Å². The summed E-state index contributed by atoms with van der Waals surface area (Å²) < 4.78 is 36.4. The minimum atomic E-state index is -4.36. The van der Waals surface area contributed by atoms with E-state index < -0.39 is 17.7 Å². The molecule has 0 fully saturated rings. The Labute approximate surface area is 157 Å². The topological polar surface area (TPSA) is 89.8 Å². The number of carbonyl (C=O) groups is 1. The van der Waals surface area contributed by atoms with Gasteiger partial charge in [0.2, 0.25) is 0 Å². The van der Waals surface area contributed by atoms with Crippen LogP contribution < -0.4 is 5.48 Å². The third-order valence-corrected chi connectivity index (χ3v) is 3.32. The van der Waals surface area contributed by atoms with E-state index in [1.54, 1.807) is 12.4 Å². The maximum Gasteiger partial charge on any atom is 0.417 e. The van der Waals surface area contributed by atoms with Crippen LogP contribution in [0.4, 0.5) is 18.9 Å². The van der Waals surface area contributed by atoms with Gasteiger partial charge in [-0.15, -0.1) is 0 Å². The predicted octanol–water partition coefficient (Wildman–Crippen LogP) is 5.12. The second-order valence-corrected chi connectivity index (χ2v) is 5.43. The van der Waals surface area contributed by atoms with Crippen molar-refractivity contribution < 1.29 is 33.4 Å². The molecule has 0 atom stereocenters. The molecule has 0 aliphatic carbocycles. The smallest absolute Gasteiger partial charge is 0.417 e.